The van der Waals surface area contributed by atoms with Crippen LogP contribution in [0.15, 0.2) is 24.3 Å². The van der Waals surface area contributed by atoms with Crippen molar-refractivity contribution in [1.29, 1.82) is 0 Å². The third kappa shape index (κ3) is 8.70. The van der Waals surface area contributed by atoms with E-state index < -0.39 is 7.32 Å². The van der Waals surface area contributed by atoms with Gasteiger partial charge in [0.25, 0.3) is 0 Å². The Morgan fingerprint density at radius 1 is 1.00 bits per heavy atom. The molecule has 1 rings (SSSR count). The van der Waals surface area contributed by atoms with E-state index in [0.717, 1.165) is 49.0 Å². The summed E-state index contributed by atoms with van der Waals surface area (Å²) in [6.45, 7) is 0. The van der Waals surface area contributed by atoms with Crippen molar-refractivity contribution in [3.05, 3.63) is 24.3 Å². The average molecular weight is 194 g/mol. The summed E-state index contributed by atoms with van der Waals surface area (Å²) in [6, 6.07) is 7.35. The van der Waals surface area contributed by atoms with Gasteiger partial charge in [-0.15, -0.1) is 0 Å². The molecule has 0 saturated carbocycles. The van der Waals surface area contributed by atoms with Crippen molar-refractivity contribution < 1.29 is 20.2 Å². The SMILES string of the molecule is OB(O)O.Oc1cc[c]([K])cc1. The number of phenolic OH excluding ortho intramolecular Hbond substituents is 1. The van der Waals surface area contributed by atoms with Crippen LogP contribution in [0.3, 0.4) is 0 Å². The summed E-state index contributed by atoms with van der Waals surface area (Å²) in [5.74, 6) is 0.359. The van der Waals surface area contributed by atoms with E-state index in [2.05, 4.69) is 0 Å². The van der Waals surface area contributed by atoms with Gasteiger partial charge in [0.15, 0.2) is 0 Å². The van der Waals surface area contributed by atoms with E-state index in [-0.39, 0.29) is 0 Å². The molecular formula is C6H8BKO4. The van der Waals surface area contributed by atoms with Gasteiger partial charge in [-0.25, -0.2) is 0 Å². The Balaban J connectivity index is 0.000000261. The van der Waals surface area contributed by atoms with Gasteiger partial charge in [0, 0.05) is 0 Å². The van der Waals surface area contributed by atoms with Crippen LogP contribution in [0.5, 0.6) is 5.75 Å². The van der Waals surface area contributed by atoms with Crippen molar-refractivity contribution in [2.75, 3.05) is 0 Å². The van der Waals surface area contributed by atoms with E-state index in [4.69, 9.17) is 20.2 Å². The Morgan fingerprint density at radius 3 is 1.58 bits per heavy atom. The van der Waals surface area contributed by atoms with Gasteiger partial charge in [-0.05, 0) is 0 Å². The fraction of sp³-hybridized carbons (Fsp3) is 0. The predicted molar refractivity (Wildman–Crippen MR) is 45.9 cm³/mol. The second kappa shape index (κ2) is 7.05. The van der Waals surface area contributed by atoms with Crippen LogP contribution in [0, 0.1) is 0 Å². The molecule has 0 atom stereocenters. The van der Waals surface area contributed by atoms with Gasteiger partial charge >= 0.3 is 91.1 Å². The molecule has 6 heteroatoms. The van der Waals surface area contributed by atoms with Gasteiger partial charge < -0.3 is 15.1 Å². The van der Waals surface area contributed by atoms with Crippen molar-refractivity contribution in [3.8, 4) is 5.75 Å². The quantitative estimate of drug-likeness (QED) is 0.365. The molecule has 1 aromatic rings. The van der Waals surface area contributed by atoms with Gasteiger partial charge in [-0.2, -0.15) is 0 Å². The van der Waals surface area contributed by atoms with Crippen LogP contribution in [0.2, 0.25) is 0 Å². The van der Waals surface area contributed by atoms with Crippen LogP contribution >= 0.6 is 0 Å². The Morgan fingerprint density at radius 2 is 1.33 bits per heavy atom. The van der Waals surface area contributed by atoms with Gasteiger partial charge in [0.1, 0.15) is 0 Å². The number of rotatable bonds is 0. The molecule has 0 fully saturated rings. The Bertz CT molecular complexity index is 190. The van der Waals surface area contributed by atoms with Crippen molar-refractivity contribution >= 4 is 55.9 Å². The van der Waals surface area contributed by atoms with E-state index >= 15 is 0 Å². The number of hydrogen-bond acceptors (Lipinski definition) is 4. The molecule has 0 aliphatic carbocycles. The van der Waals surface area contributed by atoms with Crippen LogP contribution in [0.25, 0.3) is 0 Å². The molecule has 0 radical (unpaired) electrons. The van der Waals surface area contributed by atoms with E-state index in [1.165, 1.54) is -0.342 Å². The molecule has 0 bridgehead atoms. The molecule has 0 aliphatic heterocycles. The minimum atomic E-state index is -2.17. The molecule has 1 aromatic carbocycles. The summed E-state index contributed by atoms with van der Waals surface area (Å²) >= 11 is 0.737. The van der Waals surface area contributed by atoms with Gasteiger partial charge in [0.05, 0.1) is 0 Å². The summed E-state index contributed by atoms with van der Waals surface area (Å²) in [6.07, 6.45) is 0. The van der Waals surface area contributed by atoms with Crippen molar-refractivity contribution in [2.24, 2.45) is 0 Å². The number of aromatic hydroxyl groups is 1. The molecule has 12 heavy (non-hydrogen) atoms. The average Bonchev–Trinajstić information content (AvgIpc) is 1.94. The van der Waals surface area contributed by atoms with Crippen LogP contribution in [0.1, 0.15) is 0 Å². The number of phenols is 1. The van der Waals surface area contributed by atoms with E-state index in [1.54, 1.807) is 12.1 Å². The van der Waals surface area contributed by atoms with Crippen LogP contribution < -0.4 is -0.342 Å². The third-order valence-electron chi connectivity index (χ3n) is 1.03. The summed E-state index contributed by atoms with van der Waals surface area (Å²) < 4.78 is 1.36. The summed E-state index contributed by atoms with van der Waals surface area (Å²) in [5.41, 5.74) is 0. The van der Waals surface area contributed by atoms with E-state index in [1.807, 2.05) is 12.1 Å². The summed E-state index contributed by atoms with van der Waals surface area (Å²) in [5, 5.41) is 30.3. The van der Waals surface area contributed by atoms with Crippen molar-refractivity contribution in [1.82, 2.24) is 0 Å². The minimum absolute atomic E-state index is 0.359. The zero-order valence-corrected chi connectivity index (χ0v) is 9.80. The normalized spacial score (nSPS) is 8.42. The van der Waals surface area contributed by atoms with Crippen LogP contribution in [-0.2, 0) is 0 Å². The molecule has 0 heterocycles. The first-order valence-corrected chi connectivity index (χ1v) is 4.88. The molecule has 0 aliphatic rings. The Kier molecular flexibility index (Phi) is 7.40. The number of benzene rings is 1. The van der Waals surface area contributed by atoms with E-state index in [0.29, 0.717) is 5.75 Å². The summed E-state index contributed by atoms with van der Waals surface area (Å²) in [7, 11) is -2.17. The zero-order valence-electron chi connectivity index (χ0n) is 6.68. The molecule has 0 aromatic heterocycles. The van der Waals surface area contributed by atoms with Crippen molar-refractivity contribution in [3.63, 3.8) is 0 Å². The molecule has 0 spiro atoms. The number of hydrogen-bond donors (Lipinski definition) is 4. The molecule has 60 valence electrons. The van der Waals surface area contributed by atoms with Gasteiger partial charge in [0.2, 0.25) is 0 Å². The first-order valence-electron chi connectivity index (χ1n) is 3.32. The van der Waals surface area contributed by atoms with Gasteiger partial charge in [-0.1, -0.05) is 0 Å². The maximum atomic E-state index is 8.78. The first kappa shape index (κ1) is 12.6. The first-order chi connectivity index (χ1) is 5.52. The molecule has 0 unspecified atom stereocenters. The molecule has 4 nitrogen and oxygen atoms in total. The van der Waals surface area contributed by atoms with Crippen LogP contribution in [0.4, 0.5) is 0 Å². The maximum absolute atomic E-state index is 8.78. The van der Waals surface area contributed by atoms with Crippen molar-refractivity contribution in [2.45, 2.75) is 0 Å². The summed E-state index contributed by atoms with van der Waals surface area (Å²) in [4.78, 5) is 0. The second-order valence-corrected chi connectivity index (χ2v) is 3.99. The fourth-order valence-corrected chi connectivity index (χ4v) is 1.07. The molecule has 0 amide bonds. The topological polar surface area (TPSA) is 80.9 Å². The standard InChI is InChI=1S/C6H5O.BH3O3.K/c7-6-4-2-1-3-5-6;2-1(3)4;/h2-5,7H;2-4H;. The predicted octanol–water partition coefficient (Wildman–Crippen LogP) is -1.87. The zero-order chi connectivity index (χ0) is 9.56. The van der Waals surface area contributed by atoms with E-state index in [9.17, 15) is 0 Å². The third-order valence-corrected chi connectivity index (χ3v) is 2.08. The Labute approximate surface area is 105 Å². The van der Waals surface area contributed by atoms with Gasteiger partial charge in [-0.3, -0.25) is 0 Å². The molecular weight excluding hydrogens is 186 g/mol. The Hall–Kier alpha value is 0.601. The van der Waals surface area contributed by atoms with Crippen LogP contribution in [-0.4, -0.2) is 76.5 Å². The monoisotopic (exact) mass is 194 g/mol. The molecule has 4 N–H and O–H groups in total. The fourth-order valence-electron chi connectivity index (χ4n) is 0.545. The molecule has 0 saturated heterocycles. The second-order valence-electron chi connectivity index (χ2n) is 2.18.